The summed E-state index contributed by atoms with van der Waals surface area (Å²) in [5.74, 6) is -0.329. The zero-order valence-corrected chi connectivity index (χ0v) is 18.3. The lowest BCUT2D eigenvalue weighted by atomic mass is 10.1. The Hall–Kier alpha value is -2.77. The highest BCUT2D eigenvalue weighted by molar-refractivity contribution is 8.26. The van der Waals surface area contributed by atoms with Crippen molar-refractivity contribution < 1.29 is 9.18 Å². The fourth-order valence-electron chi connectivity index (χ4n) is 4.14. The number of amides is 1. The Morgan fingerprint density at radius 1 is 1.06 bits per heavy atom. The van der Waals surface area contributed by atoms with Gasteiger partial charge in [-0.25, -0.2) is 9.07 Å². The first kappa shape index (κ1) is 20.2. The lowest BCUT2D eigenvalue weighted by molar-refractivity contribution is -0.123. The van der Waals surface area contributed by atoms with Crippen LogP contribution in [0.15, 0.2) is 65.7 Å². The lowest BCUT2D eigenvalue weighted by Crippen LogP contribution is -2.36. The molecule has 2 aliphatic rings. The number of hydrogen-bond acceptors (Lipinski definition) is 4. The fourth-order valence-corrected chi connectivity index (χ4v) is 5.53. The van der Waals surface area contributed by atoms with Gasteiger partial charge in [0.1, 0.15) is 10.1 Å². The van der Waals surface area contributed by atoms with E-state index in [-0.39, 0.29) is 17.8 Å². The Bertz CT molecular complexity index is 1170. The number of hydrogen-bond donors (Lipinski definition) is 0. The molecule has 1 aromatic heterocycles. The molecule has 31 heavy (non-hydrogen) atoms. The minimum Gasteiger partial charge on any atom is -0.290 e. The zero-order chi connectivity index (χ0) is 21.4. The van der Waals surface area contributed by atoms with E-state index >= 15 is 0 Å². The third-order valence-electron chi connectivity index (χ3n) is 5.68. The summed E-state index contributed by atoms with van der Waals surface area (Å²) in [6.45, 7) is 0. The molecule has 0 N–H and O–H groups in total. The van der Waals surface area contributed by atoms with E-state index in [1.807, 2.05) is 42.6 Å². The van der Waals surface area contributed by atoms with Crippen LogP contribution in [0.5, 0.6) is 0 Å². The van der Waals surface area contributed by atoms with Crippen molar-refractivity contribution in [3.63, 3.8) is 0 Å². The summed E-state index contributed by atoms with van der Waals surface area (Å²) in [6, 6.07) is 16.2. The second-order valence-corrected chi connectivity index (χ2v) is 9.39. The van der Waals surface area contributed by atoms with Crippen LogP contribution in [0, 0.1) is 5.82 Å². The van der Waals surface area contributed by atoms with Crippen molar-refractivity contribution in [3.8, 4) is 16.9 Å². The molecule has 156 valence electrons. The van der Waals surface area contributed by atoms with Gasteiger partial charge in [-0.3, -0.25) is 9.69 Å². The Labute approximate surface area is 189 Å². The minimum atomic E-state index is -0.301. The van der Waals surface area contributed by atoms with Crippen molar-refractivity contribution >= 4 is 40.3 Å². The number of halogens is 1. The van der Waals surface area contributed by atoms with E-state index in [2.05, 4.69) is 0 Å². The van der Waals surface area contributed by atoms with Crippen molar-refractivity contribution in [1.29, 1.82) is 0 Å². The van der Waals surface area contributed by atoms with E-state index in [1.54, 1.807) is 21.7 Å². The summed E-state index contributed by atoms with van der Waals surface area (Å²) in [5.41, 5.74) is 3.18. The lowest BCUT2D eigenvalue weighted by Gasteiger charge is -2.21. The number of thiocarbonyl (C=S) groups is 1. The normalized spacial score (nSPS) is 18.5. The van der Waals surface area contributed by atoms with E-state index in [9.17, 15) is 9.18 Å². The molecule has 2 aromatic carbocycles. The molecule has 2 heterocycles. The molecule has 1 saturated carbocycles. The molecule has 1 amide bonds. The number of carbonyl (C=O) groups is 1. The predicted molar refractivity (Wildman–Crippen MR) is 126 cm³/mol. The molecule has 1 aliphatic carbocycles. The van der Waals surface area contributed by atoms with Gasteiger partial charge in [0.15, 0.2) is 0 Å². The van der Waals surface area contributed by atoms with Crippen LogP contribution >= 0.6 is 24.0 Å². The van der Waals surface area contributed by atoms with Crippen molar-refractivity contribution in [2.24, 2.45) is 0 Å². The van der Waals surface area contributed by atoms with Gasteiger partial charge in [0, 0.05) is 23.4 Å². The largest absolute Gasteiger partial charge is 0.290 e. The van der Waals surface area contributed by atoms with Gasteiger partial charge in [0.05, 0.1) is 16.3 Å². The number of aromatic nitrogens is 2. The molecule has 1 aliphatic heterocycles. The van der Waals surface area contributed by atoms with E-state index < -0.39 is 0 Å². The standard InChI is InChI=1S/C24H20FN3OS2/c25-18-12-10-16(11-13-18)22-17(15-27(26-22)19-6-2-1-3-7-19)14-21-23(29)28(24(30)31-21)20-8-4-5-9-20/h1-3,6-7,10-15,20H,4-5,8-9H2. The summed E-state index contributed by atoms with van der Waals surface area (Å²) in [7, 11) is 0. The summed E-state index contributed by atoms with van der Waals surface area (Å²) < 4.78 is 15.9. The van der Waals surface area contributed by atoms with Gasteiger partial charge < -0.3 is 0 Å². The quantitative estimate of drug-likeness (QED) is 0.371. The molecule has 3 aromatic rings. The topological polar surface area (TPSA) is 38.1 Å². The second kappa shape index (κ2) is 8.40. The summed E-state index contributed by atoms with van der Waals surface area (Å²) in [4.78, 5) is 15.5. The van der Waals surface area contributed by atoms with E-state index in [0.29, 0.717) is 14.9 Å². The molecular formula is C24H20FN3OS2. The van der Waals surface area contributed by atoms with Gasteiger partial charge in [-0.15, -0.1) is 0 Å². The highest BCUT2D eigenvalue weighted by Crippen LogP contribution is 2.38. The number of nitrogens with zero attached hydrogens (tertiary/aromatic N) is 3. The zero-order valence-electron chi connectivity index (χ0n) is 16.7. The van der Waals surface area contributed by atoms with Crippen LogP contribution in [0.3, 0.4) is 0 Å². The number of benzene rings is 2. The van der Waals surface area contributed by atoms with Crippen molar-refractivity contribution in [3.05, 3.63) is 77.1 Å². The smallest absolute Gasteiger partial charge is 0.266 e. The van der Waals surface area contributed by atoms with Gasteiger partial charge in [-0.05, 0) is 55.3 Å². The van der Waals surface area contributed by atoms with Crippen LogP contribution in [0.4, 0.5) is 4.39 Å². The highest BCUT2D eigenvalue weighted by Gasteiger charge is 2.38. The van der Waals surface area contributed by atoms with E-state index in [1.165, 1.54) is 23.9 Å². The Balaban J connectivity index is 1.56. The maximum Gasteiger partial charge on any atom is 0.266 e. The third kappa shape index (κ3) is 3.95. The molecule has 0 radical (unpaired) electrons. The van der Waals surface area contributed by atoms with Crippen LogP contribution in [-0.2, 0) is 4.79 Å². The van der Waals surface area contributed by atoms with Gasteiger partial charge >= 0.3 is 0 Å². The molecule has 7 heteroatoms. The van der Waals surface area contributed by atoms with Crippen molar-refractivity contribution in [2.75, 3.05) is 0 Å². The maximum atomic E-state index is 13.5. The maximum absolute atomic E-state index is 13.5. The van der Waals surface area contributed by atoms with Crippen LogP contribution in [0.1, 0.15) is 31.2 Å². The van der Waals surface area contributed by atoms with Crippen LogP contribution in [0.2, 0.25) is 0 Å². The number of carbonyl (C=O) groups excluding carboxylic acids is 1. The fraction of sp³-hybridized carbons (Fsp3) is 0.208. The summed E-state index contributed by atoms with van der Waals surface area (Å²) >= 11 is 6.88. The van der Waals surface area contributed by atoms with Gasteiger partial charge in [-0.2, -0.15) is 5.10 Å². The average Bonchev–Trinajstić information content (AvgIpc) is 3.50. The average molecular weight is 450 g/mol. The first-order valence-corrected chi connectivity index (χ1v) is 11.5. The van der Waals surface area contributed by atoms with Crippen LogP contribution in [0.25, 0.3) is 23.0 Å². The first-order chi connectivity index (χ1) is 15.1. The van der Waals surface area contributed by atoms with Crippen molar-refractivity contribution in [2.45, 2.75) is 31.7 Å². The number of rotatable bonds is 4. The molecule has 0 spiro atoms. The predicted octanol–water partition coefficient (Wildman–Crippen LogP) is 5.82. The Morgan fingerprint density at radius 2 is 1.77 bits per heavy atom. The van der Waals surface area contributed by atoms with Gasteiger partial charge in [-0.1, -0.05) is 55.0 Å². The van der Waals surface area contributed by atoms with Crippen LogP contribution in [-0.4, -0.2) is 30.9 Å². The molecule has 0 atom stereocenters. The van der Waals surface area contributed by atoms with Gasteiger partial charge in [0.2, 0.25) is 0 Å². The van der Waals surface area contributed by atoms with Crippen LogP contribution < -0.4 is 0 Å². The summed E-state index contributed by atoms with van der Waals surface area (Å²) in [5, 5.41) is 4.75. The molecule has 0 unspecified atom stereocenters. The summed E-state index contributed by atoms with van der Waals surface area (Å²) in [6.07, 6.45) is 8.05. The number of thioether (sulfide) groups is 1. The van der Waals surface area contributed by atoms with E-state index in [4.69, 9.17) is 17.3 Å². The van der Waals surface area contributed by atoms with E-state index in [0.717, 1.165) is 42.5 Å². The second-order valence-electron chi connectivity index (χ2n) is 7.71. The molecule has 4 nitrogen and oxygen atoms in total. The molecule has 0 bridgehead atoms. The molecular weight excluding hydrogens is 429 g/mol. The molecule has 2 fully saturated rings. The third-order valence-corrected chi connectivity index (χ3v) is 7.01. The monoisotopic (exact) mass is 449 g/mol. The SMILES string of the molecule is O=C1C(=Cc2cn(-c3ccccc3)nc2-c2ccc(F)cc2)SC(=S)N1C1CCCC1. The van der Waals surface area contributed by atoms with Crippen molar-refractivity contribution in [1.82, 2.24) is 14.7 Å². The highest BCUT2D eigenvalue weighted by atomic mass is 32.2. The molecule has 1 saturated heterocycles. The minimum absolute atomic E-state index is 0.0283. The Kier molecular flexibility index (Phi) is 5.46. The first-order valence-electron chi connectivity index (χ1n) is 10.3. The number of para-hydroxylation sites is 1. The molecule has 5 rings (SSSR count). The Morgan fingerprint density at radius 3 is 2.48 bits per heavy atom. The van der Waals surface area contributed by atoms with Gasteiger partial charge in [0.25, 0.3) is 5.91 Å².